The summed E-state index contributed by atoms with van der Waals surface area (Å²) >= 11 is 1.50. The van der Waals surface area contributed by atoms with Gasteiger partial charge in [-0.25, -0.2) is 9.59 Å². The summed E-state index contributed by atoms with van der Waals surface area (Å²) in [7, 11) is 0. The third-order valence-electron chi connectivity index (χ3n) is 5.68. The molecule has 2 aromatic rings. The minimum absolute atomic E-state index is 0. The molecule has 34 heavy (non-hydrogen) atoms. The molecule has 2 amide bonds. The Hall–Kier alpha value is -2.75. The first-order valence-corrected chi connectivity index (χ1v) is 12.3. The highest BCUT2D eigenvalue weighted by Gasteiger charge is 2.27. The molecule has 1 heterocycles. The molecule has 3 rings (SSSR count). The van der Waals surface area contributed by atoms with E-state index in [-0.39, 0.29) is 30.4 Å². The number of anilines is 1. The molecule has 1 unspecified atom stereocenters. The number of hydrogen-bond donors (Lipinski definition) is 5. The molecular formula is C24H30ClN3O5S. The van der Waals surface area contributed by atoms with Crippen LogP contribution in [0.1, 0.15) is 47.6 Å². The van der Waals surface area contributed by atoms with Crippen LogP contribution < -0.4 is 16.0 Å². The van der Waals surface area contributed by atoms with E-state index in [1.54, 1.807) is 24.3 Å². The predicted molar refractivity (Wildman–Crippen MR) is 137 cm³/mol. The topological polar surface area (TPSA) is 128 Å². The maximum atomic E-state index is 13.3. The van der Waals surface area contributed by atoms with Crippen molar-refractivity contribution in [3.8, 4) is 11.1 Å². The fraction of sp³-hybridized carbons (Fsp3) is 0.375. The minimum Gasteiger partial charge on any atom is -0.480 e. The van der Waals surface area contributed by atoms with E-state index in [9.17, 15) is 24.6 Å². The number of carbonyl (C=O) groups is 3. The number of thioether (sulfide) groups is 1. The summed E-state index contributed by atoms with van der Waals surface area (Å²) < 4.78 is 0. The van der Waals surface area contributed by atoms with Gasteiger partial charge in [0.2, 0.25) is 0 Å². The zero-order chi connectivity index (χ0) is 23.8. The van der Waals surface area contributed by atoms with Crippen molar-refractivity contribution in [3.63, 3.8) is 0 Å². The average Bonchev–Trinajstić information content (AvgIpc) is 2.82. The van der Waals surface area contributed by atoms with Crippen molar-refractivity contribution in [1.82, 2.24) is 10.6 Å². The van der Waals surface area contributed by atoms with Crippen LogP contribution >= 0.6 is 24.2 Å². The number of hydrogen-bond acceptors (Lipinski definition) is 5. The number of rotatable bonds is 9. The normalized spacial score (nSPS) is 16.1. The Bertz CT molecular complexity index is 1000. The van der Waals surface area contributed by atoms with E-state index in [1.807, 2.05) is 24.5 Å². The van der Waals surface area contributed by atoms with Crippen LogP contribution in [0.4, 0.5) is 10.5 Å². The standard InChI is InChI=1S/C24H29N3O5S.ClH/c1-33-14-12-19(23(29)30)26-22(28)17-11-10-16(18-9-5-6-13-25-18)21(27-24(31)32)20(17)15-7-3-2-4-8-15;/h2-4,7-8,10-11,18-19,25,27H,5-6,9,12-14H2,1H3,(H,26,28)(H,29,30)(H,31,32);1H/t18?,19-;/m0./s1. The molecule has 184 valence electrons. The van der Waals surface area contributed by atoms with Crippen LogP contribution in [0.25, 0.3) is 11.1 Å². The fourth-order valence-corrected chi connectivity index (χ4v) is 4.56. The maximum absolute atomic E-state index is 13.3. The lowest BCUT2D eigenvalue weighted by molar-refractivity contribution is -0.139. The van der Waals surface area contributed by atoms with E-state index in [0.717, 1.165) is 31.4 Å². The number of benzene rings is 2. The summed E-state index contributed by atoms with van der Waals surface area (Å²) in [6.45, 7) is 0.829. The lowest BCUT2D eigenvalue weighted by atomic mass is 9.88. The van der Waals surface area contributed by atoms with Crippen LogP contribution in [-0.2, 0) is 4.79 Å². The van der Waals surface area contributed by atoms with E-state index in [2.05, 4.69) is 16.0 Å². The zero-order valence-electron chi connectivity index (χ0n) is 18.9. The molecule has 5 N–H and O–H groups in total. The van der Waals surface area contributed by atoms with Crippen molar-refractivity contribution >= 4 is 47.8 Å². The lowest BCUT2D eigenvalue weighted by Gasteiger charge is -2.28. The summed E-state index contributed by atoms with van der Waals surface area (Å²) in [5, 5.41) is 27.7. The monoisotopic (exact) mass is 507 g/mol. The van der Waals surface area contributed by atoms with Gasteiger partial charge >= 0.3 is 12.1 Å². The number of carboxylic acid groups (broad SMARTS) is 2. The van der Waals surface area contributed by atoms with Gasteiger partial charge in [0.25, 0.3) is 5.91 Å². The van der Waals surface area contributed by atoms with Crippen LogP contribution in [-0.4, -0.2) is 52.8 Å². The Labute approximate surface area is 209 Å². The van der Waals surface area contributed by atoms with E-state index < -0.39 is 24.0 Å². The molecule has 0 saturated carbocycles. The van der Waals surface area contributed by atoms with E-state index in [4.69, 9.17) is 0 Å². The summed E-state index contributed by atoms with van der Waals surface area (Å²) in [5.41, 5.74) is 2.44. The predicted octanol–water partition coefficient (Wildman–Crippen LogP) is 4.62. The van der Waals surface area contributed by atoms with Gasteiger partial charge in [-0.15, -0.1) is 12.4 Å². The molecule has 1 aliphatic heterocycles. The van der Waals surface area contributed by atoms with Crippen LogP contribution in [0.2, 0.25) is 0 Å². The molecule has 0 spiro atoms. The summed E-state index contributed by atoms with van der Waals surface area (Å²) in [4.78, 5) is 36.7. The van der Waals surface area contributed by atoms with Crippen molar-refractivity contribution in [2.24, 2.45) is 0 Å². The van der Waals surface area contributed by atoms with Crippen LogP contribution in [0.3, 0.4) is 0 Å². The molecule has 1 saturated heterocycles. The highest BCUT2D eigenvalue weighted by molar-refractivity contribution is 7.98. The van der Waals surface area contributed by atoms with E-state index >= 15 is 0 Å². The molecule has 8 nitrogen and oxygen atoms in total. The number of amides is 2. The second-order valence-electron chi connectivity index (χ2n) is 7.90. The molecular weight excluding hydrogens is 478 g/mol. The maximum Gasteiger partial charge on any atom is 0.409 e. The Balaban J connectivity index is 0.00000408. The van der Waals surface area contributed by atoms with Crippen molar-refractivity contribution in [2.75, 3.05) is 23.9 Å². The number of aliphatic carboxylic acids is 1. The lowest BCUT2D eigenvalue weighted by Crippen LogP contribution is -2.41. The van der Waals surface area contributed by atoms with Crippen LogP contribution in [0.15, 0.2) is 42.5 Å². The number of nitrogens with one attached hydrogen (secondary N) is 3. The van der Waals surface area contributed by atoms with Gasteiger partial charge in [0, 0.05) is 17.2 Å². The first-order valence-electron chi connectivity index (χ1n) is 10.9. The van der Waals surface area contributed by atoms with Gasteiger partial charge in [0.05, 0.1) is 5.69 Å². The first kappa shape index (κ1) is 27.5. The molecule has 0 aliphatic carbocycles. The molecule has 0 bridgehead atoms. The molecule has 1 aliphatic rings. The quantitative estimate of drug-likeness (QED) is 0.335. The van der Waals surface area contributed by atoms with Gasteiger partial charge in [-0.05, 0) is 55.0 Å². The van der Waals surface area contributed by atoms with Gasteiger partial charge in [0.15, 0.2) is 0 Å². The van der Waals surface area contributed by atoms with E-state index in [0.29, 0.717) is 22.6 Å². The molecule has 2 aromatic carbocycles. The van der Waals surface area contributed by atoms with Crippen molar-refractivity contribution in [3.05, 3.63) is 53.6 Å². The number of piperidine rings is 1. The van der Waals surface area contributed by atoms with Gasteiger partial charge < -0.3 is 20.8 Å². The molecule has 0 aromatic heterocycles. The number of halogens is 1. The van der Waals surface area contributed by atoms with Crippen molar-refractivity contribution in [2.45, 2.75) is 37.8 Å². The third kappa shape index (κ3) is 6.88. The van der Waals surface area contributed by atoms with Gasteiger partial charge in [0.1, 0.15) is 6.04 Å². The second kappa shape index (κ2) is 13.2. The van der Waals surface area contributed by atoms with Gasteiger partial charge in [-0.3, -0.25) is 10.1 Å². The fourth-order valence-electron chi connectivity index (χ4n) is 4.09. The van der Waals surface area contributed by atoms with Crippen LogP contribution in [0.5, 0.6) is 0 Å². The largest absolute Gasteiger partial charge is 0.480 e. The molecule has 0 radical (unpaired) electrons. The Kier molecular flexibility index (Phi) is 10.7. The van der Waals surface area contributed by atoms with Gasteiger partial charge in [-0.2, -0.15) is 11.8 Å². The minimum atomic E-state index is -1.23. The highest BCUT2D eigenvalue weighted by Crippen LogP contribution is 2.39. The van der Waals surface area contributed by atoms with Crippen molar-refractivity contribution < 1.29 is 24.6 Å². The zero-order valence-corrected chi connectivity index (χ0v) is 20.5. The Morgan fingerprint density at radius 3 is 2.44 bits per heavy atom. The van der Waals surface area contributed by atoms with Crippen molar-refractivity contribution in [1.29, 1.82) is 0 Å². The average molecular weight is 508 g/mol. The number of carbonyl (C=O) groups excluding carboxylic acids is 1. The number of carboxylic acids is 1. The molecule has 2 atom stereocenters. The van der Waals surface area contributed by atoms with Gasteiger partial charge in [-0.1, -0.05) is 42.8 Å². The third-order valence-corrected chi connectivity index (χ3v) is 6.32. The highest BCUT2D eigenvalue weighted by atomic mass is 35.5. The Morgan fingerprint density at radius 1 is 1.12 bits per heavy atom. The SMILES string of the molecule is CSCC[C@H](NC(=O)c1ccc(C2CCCCN2)c(NC(=O)O)c1-c1ccccc1)C(=O)O.Cl. The smallest absolute Gasteiger partial charge is 0.409 e. The summed E-state index contributed by atoms with van der Waals surface area (Å²) in [5.74, 6) is -1.08. The first-order chi connectivity index (χ1) is 15.9. The summed E-state index contributed by atoms with van der Waals surface area (Å²) in [6.07, 6.45) is 3.84. The van der Waals surface area contributed by atoms with E-state index in [1.165, 1.54) is 11.8 Å². The van der Waals surface area contributed by atoms with Crippen LogP contribution in [0, 0.1) is 0 Å². The molecule has 1 fully saturated rings. The second-order valence-corrected chi connectivity index (χ2v) is 8.88. The summed E-state index contributed by atoms with van der Waals surface area (Å²) in [6, 6.07) is 11.4. The Morgan fingerprint density at radius 2 is 1.85 bits per heavy atom. The molecule has 10 heteroatoms.